The highest BCUT2D eigenvalue weighted by Gasteiger charge is 2.36. The summed E-state index contributed by atoms with van der Waals surface area (Å²) in [6, 6.07) is 5.54. The standard InChI is InChI=1S/C13H16Cl3N3O3/c1-12(2,3)11(20)18-10(13(14,15)16)17-8-4-6-9(7-5-8)19(21)22/h4-7,10,17H,1-3H3,(H,18,20)/t10-/m1/s1. The molecular formula is C13H16Cl3N3O3. The maximum Gasteiger partial charge on any atom is 0.269 e. The van der Waals surface area contributed by atoms with Crippen molar-refractivity contribution in [3.8, 4) is 0 Å². The highest BCUT2D eigenvalue weighted by atomic mass is 35.6. The molecule has 0 bridgehead atoms. The first-order valence-corrected chi connectivity index (χ1v) is 7.43. The number of nitro groups is 1. The third kappa shape index (κ3) is 5.51. The molecule has 0 aliphatic rings. The van der Waals surface area contributed by atoms with Crippen LogP contribution in [0.25, 0.3) is 0 Å². The van der Waals surface area contributed by atoms with Gasteiger partial charge in [-0.3, -0.25) is 14.9 Å². The molecule has 9 heteroatoms. The molecule has 1 atom stereocenters. The van der Waals surface area contributed by atoms with Crippen LogP contribution >= 0.6 is 34.8 Å². The molecule has 0 unspecified atom stereocenters. The Hall–Kier alpha value is -1.24. The Morgan fingerprint density at radius 3 is 2.05 bits per heavy atom. The Labute approximate surface area is 143 Å². The molecule has 0 aliphatic heterocycles. The van der Waals surface area contributed by atoms with Gasteiger partial charge in [-0.25, -0.2) is 0 Å². The van der Waals surface area contributed by atoms with Gasteiger partial charge in [-0.15, -0.1) is 0 Å². The minimum absolute atomic E-state index is 0.0605. The largest absolute Gasteiger partial charge is 0.362 e. The minimum Gasteiger partial charge on any atom is -0.362 e. The zero-order valence-electron chi connectivity index (χ0n) is 12.2. The zero-order chi connectivity index (χ0) is 17.1. The van der Waals surface area contributed by atoms with E-state index in [0.29, 0.717) is 5.69 Å². The van der Waals surface area contributed by atoms with Crippen LogP contribution in [0.4, 0.5) is 11.4 Å². The lowest BCUT2D eigenvalue weighted by Gasteiger charge is -2.30. The number of nitrogens with one attached hydrogen (secondary N) is 2. The van der Waals surface area contributed by atoms with Crippen molar-refractivity contribution in [2.24, 2.45) is 5.41 Å². The Morgan fingerprint density at radius 2 is 1.68 bits per heavy atom. The average Bonchev–Trinajstić information content (AvgIpc) is 2.36. The number of rotatable bonds is 4. The number of carbonyl (C=O) groups is 1. The van der Waals surface area contributed by atoms with Gasteiger partial charge in [-0.1, -0.05) is 55.6 Å². The van der Waals surface area contributed by atoms with Gasteiger partial charge in [0.15, 0.2) is 0 Å². The first kappa shape index (κ1) is 18.8. The number of hydrogen-bond acceptors (Lipinski definition) is 4. The Balaban J connectivity index is 2.90. The van der Waals surface area contributed by atoms with Crippen molar-refractivity contribution < 1.29 is 9.72 Å². The lowest BCUT2D eigenvalue weighted by Crippen LogP contribution is -2.52. The van der Waals surface area contributed by atoms with Gasteiger partial charge in [0, 0.05) is 23.2 Å². The van der Waals surface area contributed by atoms with Crippen molar-refractivity contribution >= 4 is 52.1 Å². The Kier molecular flexibility index (Phi) is 5.89. The fourth-order valence-corrected chi connectivity index (χ4v) is 1.72. The van der Waals surface area contributed by atoms with Crippen molar-refractivity contribution in [2.75, 3.05) is 5.32 Å². The van der Waals surface area contributed by atoms with Gasteiger partial charge >= 0.3 is 0 Å². The predicted octanol–water partition coefficient (Wildman–Crippen LogP) is 3.87. The van der Waals surface area contributed by atoms with Crippen molar-refractivity contribution in [1.82, 2.24) is 5.32 Å². The number of non-ortho nitro benzene ring substituents is 1. The molecule has 0 spiro atoms. The second-order valence-corrected chi connectivity index (χ2v) is 8.02. The van der Waals surface area contributed by atoms with Crippen molar-refractivity contribution in [3.05, 3.63) is 34.4 Å². The van der Waals surface area contributed by atoms with Crippen LogP contribution in [0.5, 0.6) is 0 Å². The highest BCUT2D eigenvalue weighted by Crippen LogP contribution is 2.32. The molecule has 1 aromatic carbocycles. The van der Waals surface area contributed by atoms with E-state index in [1.807, 2.05) is 0 Å². The van der Waals surface area contributed by atoms with Crippen LogP contribution in [0.15, 0.2) is 24.3 Å². The van der Waals surface area contributed by atoms with Gasteiger partial charge < -0.3 is 10.6 Å². The van der Waals surface area contributed by atoms with Crippen molar-refractivity contribution in [2.45, 2.75) is 30.7 Å². The zero-order valence-corrected chi connectivity index (χ0v) is 14.5. The van der Waals surface area contributed by atoms with Gasteiger partial charge in [0.25, 0.3) is 5.69 Å². The van der Waals surface area contributed by atoms with Gasteiger partial charge in [-0.05, 0) is 12.1 Å². The summed E-state index contributed by atoms with van der Waals surface area (Å²) >= 11 is 17.6. The van der Waals surface area contributed by atoms with E-state index in [9.17, 15) is 14.9 Å². The molecule has 6 nitrogen and oxygen atoms in total. The summed E-state index contributed by atoms with van der Waals surface area (Å²) in [7, 11) is 0. The van der Waals surface area contributed by atoms with E-state index in [0.717, 1.165) is 0 Å². The van der Waals surface area contributed by atoms with Gasteiger partial charge in [0.05, 0.1) is 4.92 Å². The van der Waals surface area contributed by atoms with Gasteiger partial charge in [0.2, 0.25) is 9.70 Å². The summed E-state index contributed by atoms with van der Waals surface area (Å²) in [5.41, 5.74) is -0.253. The fraction of sp³-hybridized carbons (Fsp3) is 0.462. The molecule has 0 heterocycles. The van der Waals surface area contributed by atoms with Gasteiger partial charge in [-0.2, -0.15) is 0 Å². The molecule has 22 heavy (non-hydrogen) atoms. The Morgan fingerprint density at radius 1 is 1.18 bits per heavy atom. The fourth-order valence-electron chi connectivity index (χ4n) is 1.39. The normalized spacial score (nSPS) is 13.4. The number of anilines is 1. The quantitative estimate of drug-likeness (QED) is 0.366. The number of halogens is 3. The number of benzene rings is 1. The van der Waals surface area contributed by atoms with Crippen molar-refractivity contribution in [1.29, 1.82) is 0 Å². The molecule has 0 saturated carbocycles. The third-order valence-corrected chi connectivity index (χ3v) is 3.33. The van der Waals surface area contributed by atoms with Crippen LogP contribution in [0.3, 0.4) is 0 Å². The SMILES string of the molecule is CC(C)(C)C(=O)N[C@@H](Nc1ccc([N+](=O)[O-])cc1)C(Cl)(Cl)Cl. The summed E-state index contributed by atoms with van der Waals surface area (Å²) in [5, 5.41) is 16.1. The Bertz CT molecular complexity index is 550. The summed E-state index contributed by atoms with van der Waals surface area (Å²) in [6.07, 6.45) is -0.995. The first-order chi connectivity index (χ1) is 9.91. The van der Waals surface area contributed by atoms with Crippen molar-refractivity contribution in [3.63, 3.8) is 0 Å². The summed E-state index contributed by atoms with van der Waals surface area (Å²) in [4.78, 5) is 22.1. The van der Waals surface area contributed by atoms with Gasteiger partial charge in [0.1, 0.15) is 6.17 Å². The predicted molar refractivity (Wildman–Crippen MR) is 88.4 cm³/mol. The second kappa shape index (κ2) is 6.89. The molecule has 0 radical (unpaired) electrons. The van der Waals surface area contributed by atoms with E-state index in [1.54, 1.807) is 20.8 Å². The first-order valence-electron chi connectivity index (χ1n) is 6.30. The molecule has 1 amide bonds. The lowest BCUT2D eigenvalue weighted by atomic mass is 9.95. The molecule has 0 aliphatic carbocycles. The van der Waals surface area contributed by atoms with E-state index >= 15 is 0 Å². The van der Waals surface area contributed by atoms with E-state index < -0.39 is 20.3 Å². The molecule has 0 fully saturated rings. The molecule has 1 aromatic rings. The van der Waals surface area contributed by atoms with Crippen LogP contribution in [0, 0.1) is 15.5 Å². The smallest absolute Gasteiger partial charge is 0.269 e. The number of alkyl halides is 3. The maximum atomic E-state index is 12.0. The number of nitro benzene ring substituents is 1. The van der Waals surface area contributed by atoms with Crippen LogP contribution in [0.1, 0.15) is 20.8 Å². The number of nitrogens with zero attached hydrogens (tertiary/aromatic N) is 1. The monoisotopic (exact) mass is 367 g/mol. The van der Waals surface area contributed by atoms with E-state index in [2.05, 4.69) is 10.6 Å². The molecule has 2 N–H and O–H groups in total. The van der Waals surface area contributed by atoms with Crippen LogP contribution in [-0.2, 0) is 4.79 Å². The number of amides is 1. The lowest BCUT2D eigenvalue weighted by molar-refractivity contribution is -0.384. The summed E-state index contributed by atoms with van der Waals surface area (Å²) < 4.78 is -1.80. The summed E-state index contributed by atoms with van der Waals surface area (Å²) in [6.45, 7) is 5.18. The second-order valence-electron chi connectivity index (χ2n) is 5.65. The van der Waals surface area contributed by atoms with Crippen LogP contribution in [0.2, 0.25) is 0 Å². The van der Waals surface area contributed by atoms with Crippen LogP contribution in [-0.4, -0.2) is 20.8 Å². The molecule has 1 rings (SSSR count). The molecule has 0 saturated heterocycles. The molecular weight excluding hydrogens is 353 g/mol. The van der Waals surface area contributed by atoms with E-state index in [-0.39, 0.29) is 11.6 Å². The van der Waals surface area contributed by atoms with E-state index in [1.165, 1.54) is 24.3 Å². The molecule has 122 valence electrons. The summed E-state index contributed by atoms with van der Waals surface area (Å²) in [5.74, 6) is -0.307. The van der Waals surface area contributed by atoms with E-state index in [4.69, 9.17) is 34.8 Å². The minimum atomic E-state index is -1.80. The third-order valence-electron chi connectivity index (χ3n) is 2.67. The average molecular weight is 369 g/mol. The number of carbonyl (C=O) groups excluding carboxylic acids is 1. The maximum absolute atomic E-state index is 12.0. The molecule has 0 aromatic heterocycles. The topological polar surface area (TPSA) is 84.3 Å². The van der Waals surface area contributed by atoms with Crippen LogP contribution < -0.4 is 10.6 Å². The number of hydrogen-bond donors (Lipinski definition) is 2. The highest BCUT2D eigenvalue weighted by molar-refractivity contribution is 6.68.